The molecule has 19 heavy (non-hydrogen) atoms. The zero-order chi connectivity index (χ0) is 13.7. The van der Waals surface area contributed by atoms with Crippen LogP contribution in [0.4, 0.5) is 0 Å². The molecule has 1 N–H and O–H groups in total. The van der Waals surface area contributed by atoms with Crippen molar-refractivity contribution in [2.75, 3.05) is 12.3 Å². The van der Waals surface area contributed by atoms with E-state index in [4.69, 9.17) is 0 Å². The summed E-state index contributed by atoms with van der Waals surface area (Å²) in [4.78, 5) is 0. The van der Waals surface area contributed by atoms with E-state index in [1.807, 2.05) is 0 Å². The van der Waals surface area contributed by atoms with E-state index in [-0.39, 0.29) is 0 Å². The van der Waals surface area contributed by atoms with Crippen molar-refractivity contribution >= 4 is 11.8 Å². The molecule has 106 valence electrons. The first kappa shape index (κ1) is 14.9. The van der Waals surface area contributed by atoms with Gasteiger partial charge in [0.1, 0.15) is 0 Å². The summed E-state index contributed by atoms with van der Waals surface area (Å²) in [5.41, 5.74) is 2.97. The summed E-state index contributed by atoms with van der Waals surface area (Å²) in [6, 6.07) is 9.76. The molecule has 1 aromatic carbocycles. The van der Waals surface area contributed by atoms with Gasteiger partial charge in [-0.3, -0.25) is 0 Å². The van der Waals surface area contributed by atoms with Crippen LogP contribution in [0, 0.1) is 5.92 Å². The fraction of sp³-hybridized carbons (Fsp3) is 0.647. The average Bonchev–Trinajstić information content (AvgIpc) is 2.89. The van der Waals surface area contributed by atoms with E-state index < -0.39 is 0 Å². The molecular formula is C17H27NS. The highest BCUT2D eigenvalue weighted by Crippen LogP contribution is 2.36. The van der Waals surface area contributed by atoms with Crippen LogP contribution in [-0.4, -0.2) is 17.5 Å². The first-order valence-corrected chi connectivity index (χ1v) is 8.69. The Hall–Kier alpha value is -0.470. The van der Waals surface area contributed by atoms with Gasteiger partial charge in [-0.1, -0.05) is 45.0 Å². The fourth-order valence-electron chi connectivity index (χ4n) is 2.93. The van der Waals surface area contributed by atoms with E-state index in [1.54, 1.807) is 0 Å². The summed E-state index contributed by atoms with van der Waals surface area (Å²) < 4.78 is 0. The average molecular weight is 277 g/mol. The Morgan fingerprint density at radius 2 is 2.21 bits per heavy atom. The molecule has 1 aromatic rings. The zero-order valence-electron chi connectivity index (χ0n) is 12.5. The summed E-state index contributed by atoms with van der Waals surface area (Å²) in [5.74, 6) is 2.06. The predicted molar refractivity (Wildman–Crippen MR) is 86.9 cm³/mol. The summed E-state index contributed by atoms with van der Waals surface area (Å²) in [7, 11) is 0. The molecule has 1 fully saturated rings. The second-order valence-corrected chi connectivity index (χ2v) is 7.28. The third kappa shape index (κ3) is 4.25. The monoisotopic (exact) mass is 277 g/mol. The summed E-state index contributed by atoms with van der Waals surface area (Å²) in [6.45, 7) is 7.85. The van der Waals surface area contributed by atoms with Crippen molar-refractivity contribution in [2.45, 2.75) is 51.3 Å². The van der Waals surface area contributed by atoms with E-state index in [2.05, 4.69) is 62.1 Å². The normalized spacial score (nSPS) is 20.9. The van der Waals surface area contributed by atoms with Crippen LogP contribution in [0.1, 0.15) is 50.8 Å². The Morgan fingerprint density at radius 3 is 2.84 bits per heavy atom. The van der Waals surface area contributed by atoms with Crippen LogP contribution in [0.25, 0.3) is 0 Å². The number of hydrogen-bond acceptors (Lipinski definition) is 2. The highest BCUT2D eigenvalue weighted by Gasteiger charge is 2.26. The lowest BCUT2D eigenvalue weighted by molar-refractivity contribution is 0.518. The molecule has 0 bridgehead atoms. The molecule has 2 unspecified atom stereocenters. The Labute approximate surface area is 122 Å². The van der Waals surface area contributed by atoms with E-state index in [0.717, 1.165) is 17.7 Å². The Morgan fingerprint density at radius 1 is 1.37 bits per heavy atom. The zero-order valence-corrected chi connectivity index (χ0v) is 13.3. The Balaban J connectivity index is 2.15. The van der Waals surface area contributed by atoms with E-state index in [0.29, 0.717) is 6.04 Å². The maximum atomic E-state index is 3.70. The van der Waals surface area contributed by atoms with E-state index in [9.17, 15) is 0 Å². The van der Waals surface area contributed by atoms with Crippen LogP contribution in [0.5, 0.6) is 0 Å². The third-order valence-electron chi connectivity index (χ3n) is 3.71. The van der Waals surface area contributed by atoms with Crippen molar-refractivity contribution in [3.63, 3.8) is 0 Å². The summed E-state index contributed by atoms with van der Waals surface area (Å²) >= 11 is 2.14. The molecule has 1 nitrogen and oxygen atoms in total. The van der Waals surface area contributed by atoms with Gasteiger partial charge in [0, 0.05) is 11.3 Å². The molecular weight excluding hydrogens is 250 g/mol. The minimum Gasteiger partial charge on any atom is -0.309 e. The highest BCUT2D eigenvalue weighted by atomic mass is 32.2. The fourth-order valence-corrected chi connectivity index (χ4v) is 4.35. The molecule has 1 saturated heterocycles. The lowest BCUT2D eigenvalue weighted by Crippen LogP contribution is -2.28. The number of rotatable bonds is 6. The van der Waals surface area contributed by atoms with Crippen molar-refractivity contribution in [2.24, 2.45) is 5.92 Å². The first-order chi connectivity index (χ1) is 9.20. The SMILES string of the molecule is CCNC(c1cccc(CC(C)C)c1)C1CCCS1. The number of thioether (sulfide) groups is 1. The van der Waals surface area contributed by atoms with Crippen LogP contribution >= 0.6 is 11.8 Å². The van der Waals surface area contributed by atoms with Gasteiger partial charge < -0.3 is 5.32 Å². The van der Waals surface area contributed by atoms with Gasteiger partial charge in [0.25, 0.3) is 0 Å². The number of benzene rings is 1. The van der Waals surface area contributed by atoms with Crippen molar-refractivity contribution in [3.8, 4) is 0 Å². The Kier molecular flexibility index (Phi) is 5.77. The lowest BCUT2D eigenvalue weighted by atomic mass is 9.95. The van der Waals surface area contributed by atoms with Crippen LogP contribution in [-0.2, 0) is 6.42 Å². The molecule has 2 rings (SSSR count). The number of hydrogen-bond donors (Lipinski definition) is 1. The van der Waals surface area contributed by atoms with Crippen LogP contribution in [0.3, 0.4) is 0 Å². The molecule has 0 radical (unpaired) electrons. The smallest absolute Gasteiger partial charge is 0.0440 e. The molecule has 0 spiro atoms. The summed E-state index contributed by atoms with van der Waals surface area (Å²) in [5, 5.41) is 4.46. The van der Waals surface area contributed by atoms with Crippen LogP contribution < -0.4 is 5.32 Å². The molecule has 2 atom stereocenters. The van der Waals surface area contributed by atoms with E-state index >= 15 is 0 Å². The van der Waals surface area contributed by atoms with Gasteiger partial charge in [-0.25, -0.2) is 0 Å². The first-order valence-electron chi connectivity index (χ1n) is 7.64. The minimum atomic E-state index is 0.532. The molecule has 2 heteroatoms. The summed E-state index contributed by atoms with van der Waals surface area (Å²) in [6.07, 6.45) is 3.92. The minimum absolute atomic E-state index is 0.532. The standard InChI is InChI=1S/C17H27NS/c1-4-18-17(16-9-6-10-19-16)15-8-5-7-14(12-15)11-13(2)3/h5,7-8,12-13,16-18H,4,6,9-11H2,1-3H3. The van der Waals surface area contributed by atoms with Gasteiger partial charge in [-0.05, 0) is 48.6 Å². The molecule has 0 aromatic heterocycles. The van der Waals surface area contributed by atoms with Gasteiger partial charge in [0.05, 0.1) is 0 Å². The topological polar surface area (TPSA) is 12.0 Å². The molecule has 1 aliphatic heterocycles. The quantitative estimate of drug-likeness (QED) is 0.825. The van der Waals surface area contributed by atoms with Gasteiger partial charge in [0.15, 0.2) is 0 Å². The van der Waals surface area contributed by atoms with Gasteiger partial charge in [-0.2, -0.15) is 11.8 Å². The molecule has 0 amide bonds. The van der Waals surface area contributed by atoms with Crippen LogP contribution in [0.15, 0.2) is 24.3 Å². The predicted octanol–water partition coefficient (Wildman–Crippen LogP) is 4.43. The highest BCUT2D eigenvalue weighted by molar-refractivity contribution is 8.00. The van der Waals surface area contributed by atoms with Crippen molar-refractivity contribution < 1.29 is 0 Å². The Bertz CT molecular complexity index is 383. The van der Waals surface area contributed by atoms with Gasteiger partial charge in [-0.15, -0.1) is 0 Å². The van der Waals surface area contributed by atoms with E-state index in [1.165, 1.54) is 36.1 Å². The lowest BCUT2D eigenvalue weighted by Gasteiger charge is -2.25. The molecule has 1 aliphatic rings. The van der Waals surface area contributed by atoms with Crippen molar-refractivity contribution in [1.29, 1.82) is 0 Å². The maximum absolute atomic E-state index is 3.70. The second-order valence-electron chi connectivity index (χ2n) is 5.93. The molecule has 0 aliphatic carbocycles. The van der Waals surface area contributed by atoms with Gasteiger partial charge in [0.2, 0.25) is 0 Å². The second kappa shape index (κ2) is 7.35. The largest absolute Gasteiger partial charge is 0.309 e. The maximum Gasteiger partial charge on any atom is 0.0440 e. The molecule has 1 heterocycles. The number of nitrogens with one attached hydrogen (secondary N) is 1. The van der Waals surface area contributed by atoms with Crippen molar-refractivity contribution in [1.82, 2.24) is 5.32 Å². The van der Waals surface area contributed by atoms with Crippen molar-refractivity contribution in [3.05, 3.63) is 35.4 Å². The van der Waals surface area contributed by atoms with Crippen LogP contribution in [0.2, 0.25) is 0 Å². The van der Waals surface area contributed by atoms with Gasteiger partial charge >= 0.3 is 0 Å². The third-order valence-corrected chi connectivity index (χ3v) is 5.18. The molecule has 0 saturated carbocycles.